The molecule has 4 rings (SSSR count). The van der Waals surface area contributed by atoms with Crippen LogP contribution in [-0.2, 0) is 0 Å². The Morgan fingerprint density at radius 1 is 1.35 bits per heavy atom. The lowest BCUT2D eigenvalue weighted by Gasteiger charge is -2.11. The molecule has 0 atom stereocenters. The molecule has 0 bridgehead atoms. The van der Waals surface area contributed by atoms with E-state index in [-0.39, 0.29) is 11.9 Å². The molecule has 0 spiro atoms. The molecule has 3 heterocycles. The van der Waals surface area contributed by atoms with Gasteiger partial charge in [0, 0.05) is 17.8 Å². The van der Waals surface area contributed by atoms with Crippen LogP contribution in [0.25, 0.3) is 17.1 Å². The van der Waals surface area contributed by atoms with Crippen LogP contribution in [0.1, 0.15) is 41.9 Å². The van der Waals surface area contributed by atoms with Crippen LogP contribution in [-0.4, -0.2) is 26.5 Å². The second-order valence-electron chi connectivity index (χ2n) is 6.01. The molecule has 0 aliphatic heterocycles. The van der Waals surface area contributed by atoms with Crippen molar-refractivity contribution >= 4 is 11.6 Å². The lowest BCUT2D eigenvalue weighted by Crippen LogP contribution is -2.33. The Morgan fingerprint density at radius 2 is 2.17 bits per heavy atom. The predicted octanol–water partition coefficient (Wildman–Crippen LogP) is 2.97. The number of aryl methyl sites for hydroxylation is 1. The normalized spacial score (nSPS) is 15.3. The number of nitrogens with one attached hydrogen (secondary N) is 1. The Morgan fingerprint density at radius 3 is 2.91 bits per heavy atom. The zero-order valence-electron chi connectivity index (χ0n) is 13.0. The first-order valence-electron chi connectivity index (χ1n) is 7.93. The molecule has 1 saturated carbocycles. The monoisotopic (exact) mass is 310 g/mol. The molecule has 3 aromatic rings. The quantitative estimate of drug-likeness (QED) is 0.807. The van der Waals surface area contributed by atoms with Crippen LogP contribution < -0.4 is 5.32 Å². The summed E-state index contributed by atoms with van der Waals surface area (Å²) in [6.45, 7) is 1.92. The molecule has 1 N–H and O–H groups in total. The van der Waals surface area contributed by atoms with Gasteiger partial charge in [-0.15, -0.1) is 0 Å². The predicted molar refractivity (Wildman–Crippen MR) is 85.1 cm³/mol. The van der Waals surface area contributed by atoms with Gasteiger partial charge >= 0.3 is 0 Å². The Hall–Kier alpha value is -2.63. The van der Waals surface area contributed by atoms with Crippen LogP contribution in [0.15, 0.2) is 34.9 Å². The minimum Gasteiger partial charge on any atom is -0.463 e. The smallest absolute Gasteiger partial charge is 0.270 e. The highest BCUT2D eigenvalue weighted by Crippen LogP contribution is 2.21. The number of rotatable bonds is 3. The summed E-state index contributed by atoms with van der Waals surface area (Å²) in [5, 5.41) is 7.56. The van der Waals surface area contributed by atoms with E-state index in [9.17, 15) is 4.79 Å². The summed E-state index contributed by atoms with van der Waals surface area (Å²) in [7, 11) is 0. The summed E-state index contributed by atoms with van der Waals surface area (Å²) < 4.78 is 7.10. The van der Waals surface area contributed by atoms with Gasteiger partial charge in [-0.3, -0.25) is 4.79 Å². The van der Waals surface area contributed by atoms with Crippen molar-refractivity contribution in [3.05, 3.63) is 41.9 Å². The third-order valence-electron chi connectivity index (χ3n) is 4.30. The highest BCUT2D eigenvalue weighted by atomic mass is 16.3. The van der Waals surface area contributed by atoms with Crippen molar-refractivity contribution in [2.24, 2.45) is 0 Å². The average Bonchev–Trinajstić information content (AvgIpc) is 3.27. The highest BCUT2D eigenvalue weighted by molar-refractivity contribution is 5.93. The molecule has 0 saturated heterocycles. The number of amides is 1. The van der Waals surface area contributed by atoms with Gasteiger partial charge in [-0.05, 0) is 38.0 Å². The number of furan rings is 1. The Labute approximate surface area is 133 Å². The molecule has 0 radical (unpaired) electrons. The van der Waals surface area contributed by atoms with Gasteiger partial charge < -0.3 is 9.73 Å². The summed E-state index contributed by atoms with van der Waals surface area (Å²) >= 11 is 0. The first kappa shape index (κ1) is 14.0. The van der Waals surface area contributed by atoms with Crippen LogP contribution >= 0.6 is 0 Å². The van der Waals surface area contributed by atoms with Gasteiger partial charge in [-0.1, -0.05) is 12.8 Å². The molecule has 1 aliphatic rings. The Balaban J connectivity index is 1.67. The zero-order chi connectivity index (χ0) is 15.8. The first-order valence-corrected chi connectivity index (χ1v) is 7.93. The molecule has 1 amide bonds. The fraction of sp³-hybridized carbons (Fsp3) is 0.353. The molecule has 118 valence electrons. The molecule has 1 fully saturated rings. The van der Waals surface area contributed by atoms with E-state index in [4.69, 9.17) is 4.42 Å². The number of hydrogen-bond acceptors (Lipinski definition) is 4. The maximum atomic E-state index is 12.4. The summed E-state index contributed by atoms with van der Waals surface area (Å²) in [6.07, 6.45) is 6.10. The summed E-state index contributed by atoms with van der Waals surface area (Å²) in [6, 6.07) is 7.56. The Kier molecular flexibility index (Phi) is 3.37. The second-order valence-corrected chi connectivity index (χ2v) is 6.01. The van der Waals surface area contributed by atoms with Gasteiger partial charge in [0.25, 0.3) is 5.91 Å². The Bertz CT molecular complexity index is 845. The van der Waals surface area contributed by atoms with Gasteiger partial charge in [-0.25, -0.2) is 9.50 Å². The summed E-state index contributed by atoms with van der Waals surface area (Å²) in [5.74, 6) is 0.579. The van der Waals surface area contributed by atoms with Gasteiger partial charge in [0.05, 0.1) is 6.26 Å². The first-order chi connectivity index (χ1) is 11.2. The number of hydrogen-bond donors (Lipinski definition) is 1. The number of carbonyl (C=O) groups is 1. The maximum absolute atomic E-state index is 12.4. The van der Waals surface area contributed by atoms with E-state index >= 15 is 0 Å². The largest absolute Gasteiger partial charge is 0.463 e. The van der Waals surface area contributed by atoms with Gasteiger partial charge in [0.1, 0.15) is 11.4 Å². The lowest BCUT2D eigenvalue weighted by atomic mass is 10.2. The standard InChI is InChI=1S/C17H18N4O2/c1-11-9-14(17(22)18-12-5-2-3-6-12)19-16-10-13(20-21(11)16)15-7-4-8-23-15/h4,7-10,12H,2-3,5-6H2,1H3,(H,18,22). The second kappa shape index (κ2) is 5.53. The minimum absolute atomic E-state index is 0.108. The van der Waals surface area contributed by atoms with Crippen LogP contribution in [0.2, 0.25) is 0 Å². The molecule has 0 aromatic carbocycles. The van der Waals surface area contributed by atoms with E-state index in [1.807, 2.05) is 25.1 Å². The molecular formula is C17H18N4O2. The maximum Gasteiger partial charge on any atom is 0.270 e. The van der Waals surface area contributed by atoms with Crippen molar-refractivity contribution < 1.29 is 9.21 Å². The van der Waals surface area contributed by atoms with Crippen LogP contribution in [0.5, 0.6) is 0 Å². The van der Waals surface area contributed by atoms with Crippen molar-refractivity contribution in [3.63, 3.8) is 0 Å². The molecule has 6 nitrogen and oxygen atoms in total. The van der Waals surface area contributed by atoms with E-state index in [2.05, 4.69) is 15.4 Å². The van der Waals surface area contributed by atoms with Crippen molar-refractivity contribution in [2.45, 2.75) is 38.6 Å². The van der Waals surface area contributed by atoms with Gasteiger partial charge in [0.2, 0.25) is 0 Å². The molecular weight excluding hydrogens is 292 g/mol. The van der Waals surface area contributed by atoms with Crippen molar-refractivity contribution in [3.8, 4) is 11.5 Å². The molecule has 1 aliphatic carbocycles. The average molecular weight is 310 g/mol. The highest BCUT2D eigenvalue weighted by Gasteiger charge is 2.20. The van der Waals surface area contributed by atoms with Crippen molar-refractivity contribution in [1.82, 2.24) is 19.9 Å². The number of nitrogens with zero attached hydrogens (tertiary/aromatic N) is 3. The summed E-state index contributed by atoms with van der Waals surface area (Å²) in [5.41, 5.74) is 2.66. The van der Waals surface area contributed by atoms with E-state index in [1.165, 1.54) is 12.8 Å². The molecule has 23 heavy (non-hydrogen) atoms. The van der Waals surface area contributed by atoms with Crippen LogP contribution in [0.4, 0.5) is 0 Å². The van der Waals surface area contributed by atoms with Crippen LogP contribution in [0.3, 0.4) is 0 Å². The van der Waals surface area contributed by atoms with Gasteiger partial charge in [0.15, 0.2) is 11.4 Å². The number of carbonyl (C=O) groups excluding carboxylic acids is 1. The van der Waals surface area contributed by atoms with E-state index in [0.717, 1.165) is 18.5 Å². The van der Waals surface area contributed by atoms with Crippen LogP contribution in [0, 0.1) is 6.92 Å². The topological polar surface area (TPSA) is 72.4 Å². The SMILES string of the molecule is Cc1cc(C(=O)NC2CCCC2)nc2cc(-c3ccco3)nn12. The number of aromatic nitrogens is 3. The van der Waals surface area contributed by atoms with Crippen molar-refractivity contribution in [1.29, 1.82) is 0 Å². The van der Waals surface area contributed by atoms with E-state index < -0.39 is 0 Å². The molecule has 3 aromatic heterocycles. The summed E-state index contributed by atoms with van der Waals surface area (Å²) in [4.78, 5) is 16.9. The third-order valence-corrected chi connectivity index (χ3v) is 4.30. The van der Waals surface area contributed by atoms with Gasteiger partial charge in [-0.2, -0.15) is 5.10 Å². The van der Waals surface area contributed by atoms with Crippen molar-refractivity contribution in [2.75, 3.05) is 0 Å². The third kappa shape index (κ3) is 2.60. The molecule has 0 unspecified atom stereocenters. The molecule has 6 heteroatoms. The lowest BCUT2D eigenvalue weighted by molar-refractivity contribution is 0.0933. The zero-order valence-corrected chi connectivity index (χ0v) is 13.0. The minimum atomic E-state index is -0.108. The van der Waals surface area contributed by atoms with E-state index in [1.54, 1.807) is 16.8 Å². The fourth-order valence-corrected chi connectivity index (χ4v) is 3.12. The fourth-order valence-electron chi connectivity index (χ4n) is 3.12. The van der Waals surface area contributed by atoms with E-state index in [0.29, 0.717) is 22.8 Å². The number of fused-ring (bicyclic) bond motifs is 1.